The van der Waals surface area contributed by atoms with E-state index in [4.69, 9.17) is 0 Å². The van der Waals surface area contributed by atoms with Crippen LogP contribution in [0.3, 0.4) is 0 Å². The van der Waals surface area contributed by atoms with Gasteiger partial charge in [-0.05, 0) is 31.5 Å². The van der Waals surface area contributed by atoms with Gasteiger partial charge in [0, 0.05) is 26.7 Å². The first-order valence-electron chi connectivity index (χ1n) is 7.12. The Labute approximate surface area is 119 Å². The third kappa shape index (κ3) is 3.93. The molecule has 1 aliphatic heterocycles. The van der Waals surface area contributed by atoms with Crippen molar-refractivity contribution in [2.75, 3.05) is 38.1 Å². The maximum atomic E-state index is 13.6. The molecule has 0 radical (unpaired) electrons. The molecular formula is C15H22FN3O. The number of nitrogens with zero attached hydrogens (tertiary/aromatic N) is 1. The Bertz CT molecular complexity index is 446. The molecule has 1 amide bonds. The van der Waals surface area contributed by atoms with E-state index in [1.54, 1.807) is 12.1 Å². The molecule has 2 N–H and O–H groups in total. The molecule has 0 aromatic heterocycles. The van der Waals surface area contributed by atoms with Crippen molar-refractivity contribution < 1.29 is 9.18 Å². The summed E-state index contributed by atoms with van der Waals surface area (Å²) in [5.41, 5.74) is 0.596. The summed E-state index contributed by atoms with van der Waals surface area (Å²) in [7, 11) is 1.86. The first kappa shape index (κ1) is 14.8. The second-order valence-corrected chi connectivity index (χ2v) is 5.21. The quantitative estimate of drug-likeness (QED) is 0.773. The summed E-state index contributed by atoms with van der Waals surface area (Å²) in [5.74, 6) is 0.0268. The van der Waals surface area contributed by atoms with E-state index in [1.165, 1.54) is 6.07 Å². The van der Waals surface area contributed by atoms with E-state index >= 15 is 0 Å². The van der Waals surface area contributed by atoms with Crippen molar-refractivity contribution in [1.29, 1.82) is 0 Å². The van der Waals surface area contributed by atoms with Gasteiger partial charge < -0.3 is 15.5 Å². The Morgan fingerprint density at radius 2 is 2.30 bits per heavy atom. The van der Waals surface area contributed by atoms with Gasteiger partial charge >= 0.3 is 0 Å². The first-order valence-corrected chi connectivity index (χ1v) is 7.12. The fourth-order valence-electron chi connectivity index (χ4n) is 2.43. The van der Waals surface area contributed by atoms with Gasteiger partial charge in [0.05, 0.1) is 11.6 Å². The van der Waals surface area contributed by atoms with E-state index in [0.29, 0.717) is 18.8 Å². The number of amides is 1. The molecule has 1 aromatic carbocycles. The minimum Gasteiger partial charge on any atom is -0.372 e. The van der Waals surface area contributed by atoms with Crippen LogP contribution in [0.1, 0.15) is 12.8 Å². The second-order valence-electron chi connectivity index (χ2n) is 5.21. The summed E-state index contributed by atoms with van der Waals surface area (Å²) in [6, 6.07) is 6.73. The lowest BCUT2D eigenvalue weighted by molar-refractivity contribution is -0.124. The van der Waals surface area contributed by atoms with Crippen LogP contribution in [0.5, 0.6) is 0 Å². The van der Waals surface area contributed by atoms with Gasteiger partial charge in [-0.15, -0.1) is 0 Å². The van der Waals surface area contributed by atoms with E-state index < -0.39 is 0 Å². The number of halogens is 1. The minimum absolute atomic E-state index is 0.110. The van der Waals surface area contributed by atoms with E-state index in [-0.39, 0.29) is 17.6 Å². The number of benzene rings is 1. The lowest BCUT2D eigenvalue weighted by Gasteiger charge is -2.20. The van der Waals surface area contributed by atoms with Crippen LogP contribution in [-0.4, -0.2) is 39.1 Å². The highest BCUT2D eigenvalue weighted by molar-refractivity contribution is 5.79. The Morgan fingerprint density at radius 3 is 3.00 bits per heavy atom. The van der Waals surface area contributed by atoms with Crippen molar-refractivity contribution in [3.05, 3.63) is 30.1 Å². The van der Waals surface area contributed by atoms with Gasteiger partial charge in [-0.2, -0.15) is 0 Å². The topological polar surface area (TPSA) is 44.4 Å². The Balaban J connectivity index is 1.68. The zero-order chi connectivity index (χ0) is 14.4. The predicted molar refractivity (Wildman–Crippen MR) is 78.3 cm³/mol. The number of hydrogen-bond donors (Lipinski definition) is 2. The van der Waals surface area contributed by atoms with Crippen molar-refractivity contribution in [2.45, 2.75) is 12.8 Å². The molecule has 1 fully saturated rings. The van der Waals surface area contributed by atoms with Crippen LogP contribution < -0.4 is 15.5 Å². The molecule has 0 spiro atoms. The highest BCUT2D eigenvalue weighted by atomic mass is 19.1. The zero-order valence-electron chi connectivity index (χ0n) is 11.9. The molecular weight excluding hydrogens is 257 g/mol. The van der Waals surface area contributed by atoms with Gasteiger partial charge in [0.1, 0.15) is 5.82 Å². The lowest BCUT2D eigenvalue weighted by atomic mass is 10.1. The van der Waals surface area contributed by atoms with Gasteiger partial charge in [0.2, 0.25) is 5.91 Å². The number of para-hydroxylation sites is 1. The molecule has 1 aromatic rings. The van der Waals surface area contributed by atoms with Gasteiger partial charge in [0.25, 0.3) is 0 Å². The fourth-order valence-corrected chi connectivity index (χ4v) is 2.43. The predicted octanol–water partition coefficient (Wildman–Crippen LogP) is 1.38. The Kier molecular flexibility index (Phi) is 5.35. The van der Waals surface area contributed by atoms with Crippen LogP contribution in [0.15, 0.2) is 24.3 Å². The maximum absolute atomic E-state index is 13.6. The van der Waals surface area contributed by atoms with Crippen LogP contribution in [0, 0.1) is 11.7 Å². The third-order valence-electron chi connectivity index (χ3n) is 3.66. The monoisotopic (exact) mass is 279 g/mol. The highest BCUT2D eigenvalue weighted by Crippen LogP contribution is 2.16. The van der Waals surface area contributed by atoms with Gasteiger partial charge in [-0.1, -0.05) is 12.1 Å². The van der Waals surface area contributed by atoms with Gasteiger partial charge in [-0.25, -0.2) is 4.39 Å². The van der Waals surface area contributed by atoms with Crippen molar-refractivity contribution in [3.63, 3.8) is 0 Å². The maximum Gasteiger partial charge on any atom is 0.224 e. The summed E-state index contributed by atoms with van der Waals surface area (Å²) in [4.78, 5) is 13.7. The van der Waals surface area contributed by atoms with Crippen LogP contribution in [0.2, 0.25) is 0 Å². The molecule has 0 saturated carbocycles. The summed E-state index contributed by atoms with van der Waals surface area (Å²) >= 11 is 0. The lowest BCUT2D eigenvalue weighted by Crippen LogP contribution is -2.34. The first-order chi connectivity index (χ1) is 9.68. The SMILES string of the molecule is CN(CCCNC(=O)C1CCNC1)c1ccccc1F. The number of anilines is 1. The summed E-state index contributed by atoms with van der Waals surface area (Å²) < 4.78 is 13.6. The average Bonchev–Trinajstić information content (AvgIpc) is 2.98. The molecule has 1 heterocycles. The zero-order valence-corrected chi connectivity index (χ0v) is 11.9. The molecule has 0 bridgehead atoms. The molecule has 4 nitrogen and oxygen atoms in total. The average molecular weight is 279 g/mol. The molecule has 0 aliphatic carbocycles. The van der Waals surface area contributed by atoms with E-state index in [1.807, 2.05) is 18.0 Å². The van der Waals surface area contributed by atoms with Crippen LogP contribution >= 0.6 is 0 Å². The Morgan fingerprint density at radius 1 is 1.50 bits per heavy atom. The minimum atomic E-state index is -0.212. The van der Waals surface area contributed by atoms with Crippen molar-refractivity contribution in [2.24, 2.45) is 5.92 Å². The molecule has 2 rings (SSSR count). The molecule has 1 aliphatic rings. The number of nitrogens with one attached hydrogen (secondary N) is 2. The van der Waals surface area contributed by atoms with Crippen molar-refractivity contribution in [3.8, 4) is 0 Å². The second kappa shape index (κ2) is 7.24. The number of carbonyl (C=O) groups excluding carboxylic acids is 1. The number of hydrogen-bond acceptors (Lipinski definition) is 3. The third-order valence-corrected chi connectivity index (χ3v) is 3.66. The largest absolute Gasteiger partial charge is 0.372 e. The van der Waals surface area contributed by atoms with Crippen LogP contribution in [0.25, 0.3) is 0 Å². The van der Waals surface area contributed by atoms with E-state index in [0.717, 1.165) is 25.9 Å². The van der Waals surface area contributed by atoms with Crippen LogP contribution in [0.4, 0.5) is 10.1 Å². The molecule has 110 valence electrons. The number of carbonyl (C=O) groups is 1. The smallest absolute Gasteiger partial charge is 0.224 e. The molecule has 1 saturated heterocycles. The van der Waals surface area contributed by atoms with Crippen molar-refractivity contribution >= 4 is 11.6 Å². The van der Waals surface area contributed by atoms with Crippen LogP contribution in [-0.2, 0) is 4.79 Å². The summed E-state index contributed by atoms with van der Waals surface area (Å²) in [5, 5.41) is 6.13. The Hall–Kier alpha value is -1.62. The molecule has 1 unspecified atom stereocenters. The normalized spacial score (nSPS) is 18.0. The summed E-state index contributed by atoms with van der Waals surface area (Å²) in [6.45, 7) is 3.05. The number of rotatable bonds is 6. The fraction of sp³-hybridized carbons (Fsp3) is 0.533. The highest BCUT2D eigenvalue weighted by Gasteiger charge is 2.21. The molecule has 5 heteroatoms. The standard InChI is InChI=1S/C15H22FN3O/c1-19(14-6-3-2-5-13(14)16)10-4-8-18-15(20)12-7-9-17-11-12/h2-3,5-6,12,17H,4,7-11H2,1H3,(H,18,20). The van der Waals surface area contributed by atoms with Crippen molar-refractivity contribution in [1.82, 2.24) is 10.6 Å². The van der Waals surface area contributed by atoms with Gasteiger partial charge in [0.15, 0.2) is 0 Å². The summed E-state index contributed by atoms with van der Waals surface area (Å²) in [6.07, 6.45) is 1.72. The molecule has 20 heavy (non-hydrogen) atoms. The van der Waals surface area contributed by atoms with Gasteiger partial charge in [-0.3, -0.25) is 4.79 Å². The molecule has 1 atom stereocenters. The van der Waals surface area contributed by atoms with E-state index in [2.05, 4.69) is 10.6 Å². The van der Waals surface area contributed by atoms with E-state index in [9.17, 15) is 9.18 Å².